The van der Waals surface area contributed by atoms with Crippen molar-refractivity contribution in [3.05, 3.63) is 281 Å². The van der Waals surface area contributed by atoms with Gasteiger partial charge >= 0.3 is 0 Å². The van der Waals surface area contributed by atoms with Gasteiger partial charge in [0.25, 0.3) is 0 Å². The van der Waals surface area contributed by atoms with E-state index in [1.165, 1.54) is 66.3 Å². The Bertz CT molecular complexity index is 4050. The number of aromatic nitrogens is 4. The van der Waals surface area contributed by atoms with Gasteiger partial charge in [-0.25, -0.2) is 15.0 Å². The predicted molar refractivity (Wildman–Crippen MR) is 304 cm³/mol. The maximum absolute atomic E-state index is 5.14. The van der Waals surface area contributed by atoms with Crippen LogP contribution in [0, 0.1) is 13.8 Å². The standard InChI is InChI=1S/C69H51N5/c1-44-39-48(67-71-65(46-23-9-5-10-24-46)70-66(72-67)47-25-11-6-12-26-47)40-45(2)64(44)74-61-35-21-19-33-57(61)69(49-27-13-7-14-28-49,58-34-20-22-36-62(58)74)50-37-38-60-54(41-50)55-42-53-52-31-17-18-32-56(52)68(3,4)59(53)43-63(55)73(60)51-29-15-8-16-30-51/h5-43H,1-4H3. The first kappa shape index (κ1) is 43.6. The van der Waals surface area contributed by atoms with Crippen LogP contribution < -0.4 is 4.90 Å². The maximum Gasteiger partial charge on any atom is 0.164 e. The summed E-state index contributed by atoms with van der Waals surface area (Å²) < 4.78 is 2.48. The fourth-order valence-electron chi connectivity index (χ4n) is 12.6. The van der Waals surface area contributed by atoms with E-state index in [1.807, 2.05) is 36.4 Å². The fourth-order valence-corrected chi connectivity index (χ4v) is 12.6. The van der Waals surface area contributed by atoms with Crippen LogP contribution >= 0.6 is 0 Å². The van der Waals surface area contributed by atoms with E-state index >= 15 is 0 Å². The molecule has 0 saturated carbocycles. The van der Waals surface area contributed by atoms with Crippen molar-refractivity contribution in [2.45, 2.75) is 38.5 Å². The third-order valence-electron chi connectivity index (χ3n) is 15.9. The minimum atomic E-state index is -0.695. The van der Waals surface area contributed by atoms with Crippen LogP contribution in [0.4, 0.5) is 17.1 Å². The van der Waals surface area contributed by atoms with Gasteiger partial charge in [0.1, 0.15) is 0 Å². The molecule has 0 bridgehead atoms. The lowest BCUT2D eigenvalue weighted by atomic mass is 9.62. The summed E-state index contributed by atoms with van der Waals surface area (Å²) in [6, 6.07) is 86.2. The van der Waals surface area contributed by atoms with Gasteiger partial charge in [-0.3, -0.25) is 0 Å². The molecule has 12 aromatic rings. The van der Waals surface area contributed by atoms with E-state index in [2.05, 4.69) is 237 Å². The number of hydrogen-bond donors (Lipinski definition) is 0. The molecule has 2 aromatic heterocycles. The zero-order valence-corrected chi connectivity index (χ0v) is 41.8. The molecule has 0 radical (unpaired) electrons. The zero-order chi connectivity index (χ0) is 49.7. The van der Waals surface area contributed by atoms with Gasteiger partial charge < -0.3 is 9.47 Å². The number of nitrogens with zero attached hydrogens (tertiary/aromatic N) is 5. The van der Waals surface area contributed by atoms with Crippen molar-refractivity contribution in [1.29, 1.82) is 0 Å². The van der Waals surface area contributed by atoms with E-state index in [0.717, 1.165) is 50.6 Å². The molecule has 0 saturated heterocycles. The van der Waals surface area contributed by atoms with Gasteiger partial charge in [-0.2, -0.15) is 0 Å². The quantitative estimate of drug-likeness (QED) is 0.160. The fraction of sp³-hybridized carbons (Fsp3) is 0.0870. The summed E-state index contributed by atoms with van der Waals surface area (Å²) in [5.41, 5.74) is 21.4. The third kappa shape index (κ3) is 6.45. The smallest absolute Gasteiger partial charge is 0.164 e. The number of anilines is 3. The molecule has 0 unspecified atom stereocenters. The SMILES string of the molecule is Cc1cc(-c2nc(-c3ccccc3)nc(-c3ccccc3)n2)cc(C)c1N1c2ccccc2C(c2ccccc2)(c2ccc3c(c2)c2cc4c(cc2n3-c2ccccc2)C(C)(C)c2ccccc2-4)c2ccccc21. The molecule has 14 rings (SSSR count). The van der Waals surface area contributed by atoms with Crippen LogP contribution in [0.25, 0.3) is 72.8 Å². The second kappa shape index (κ2) is 16.7. The van der Waals surface area contributed by atoms with Crippen molar-refractivity contribution in [3.8, 4) is 51.0 Å². The van der Waals surface area contributed by atoms with E-state index in [0.29, 0.717) is 17.5 Å². The average Bonchev–Trinajstić information content (AvgIpc) is 3.94. The van der Waals surface area contributed by atoms with Gasteiger partial charge in [-0.05, 0) is 130 Å². The van der Waals surface area contributed by atoms with Gasteiger partial charge in [-0.15, -0.1) is 0 Å². The lowest BCUT2D eigenvalue weighted by Crippen LogP contribution is -2.38. The van der Waals surface area contributed by atoms with Crippen molar-refractivity contribution in [2.24, 2.45) is 0 Å². The van der Waals surface area contributed by atoms with Crippen molar-refractivity contribution < 1.29 is 0 Å². The first-order valence-electron chi connectivity index (χ1n) is 25.6. The van der Waals surface area contributed by atoms with Crippen LogP contribution in [0.1, 0.15) is 58.4 Å². The van der Waals surface area contributed by atoms with E-state index < -0.39 is 5.41 Å². The molecule has 0 N–H and O–H groups in total. The molecule has 5 heteroatoms. The van der Waals surface area contributed by atoms with E-state index in [1.54, 1.807) is 0 Å². The van der Waals surface area contributed by atoms with Crippen molar-refractivity contribution >= 4 is 38.9 Å². The number of para-hydroxylation sites is 3. The monoisotopic (exact) mass is 949 g/mol. The van der Waals surface area contributed by atoms with Crippen molar-refractivity contribution in [1.82, 2.24) is 19.5 Å². The highest BCUT2D eigenvalue weighted by molar-refractivity contribution is 6.12. The largest absolute Gasteiger partial charge is 0.309 e. The lowest BCUT2D eigenvalue weighted by molar-refractivity contribution is 0.661. The first-order valence-corrected chi connectivity index (χ1v) is 25.6. The Balaban J connectivity index is 0.989. The summed E-state index contributed by atoms with van der Waals surface area (Å²) in [6.07, 6.45) is 0. The van der Waals surface area contributed by atoms with E-state index in [4.69, 9.17) is 15.0 Å². The minimum Gasteiger partial charge on any atom is -0.309 e. The second-order valence-corrected chi connectivity index (χ2v) is 20.5. The Labute approximate surface area is 431 Å². The van der Waals surface area contributed by atoms with E-state index in [9.17, 15) is 0 Å². The Morgan fingerprint density at radius 1 is 0.365 bits per heavy atom. The van der Waals surface area contributed by atoms with Crippen LogP contribution in [0.15, 0.2) is 237 Å². The highest BCUT2D eigenvalue weighted by Gasteiger charge is 2.47. The molecule has 0 atom stereocenters. The lowest BCUT2D eigenvalue weighted by Gasteiger charge is -2.47. The predicted octanol–water partition coefficient (Wildman–Crippen LogP) is 17.1. The molecule has 2 aliphatic rings. The van der Waals surface area contributed by atoms with Crippen LogP contribution in [-0.2, 0) is 10.8 Å². The zero-order valence-electron chi connectivity index (χ0n) is 41.8. The Kier molecular flexibility index (Phi) is 9.83. The number of benzene rings is 10. The summed E-state index contributed by atoms with van der Waals surface area (Å²) in [5.74, 6) is 1.93. The Hall–Kier alpha value is -9.19. The Morgan fingerprint density at radius 3 is 1.45 bits per heavy atom. The van der Waals surface area contributed by atoms with Crippen molar-refractivity contribution in [3.63, 3.8) is 0 Å². The van der Waals surface area contributed by atoms with Gasteiger partial charge in [0.05, 0.1) is 33.5 Å². The number of aryl methyl sites for hydroxylation is 2. The molecule has 352 valence electrons. The molecule has 0 spiro atoms. The van der Waals surface area contributed by atoms with Crippen LogP contribution in [-0.4, -0.2) is 19.5 Å². The molecule has 5 nitrogen and oxygen atoms in total. The summed E-state index contributed by atoms with van der Waals surface area (Å²) in [5, 5.41) is 2.47. The molecule has 1 aliphatic carbocycles. The summed E-state index contributed by atoms with van der Waals surface area (Å²) >= 11 is 0. The molecule has 0 fully saturated rings. The molecular weight excluding hydrogens is 899 g/mol. The number of fused-ring (bicyclic) bond motifs is 8. The first-order chi connectivity index (χ1) is 36.3. The summed E-state index contributed by atoms with van der Waals surface area (Å²) in [4.78, 5) is 17.8. The third-order valence-corrected chi connectivity index (χ3v) is 15.9. The van der Waals surface area contributed by atoms with Crippen molar-refractivity contribution in [2.75, 3.05) is 4.90 Å². The molecule has 74 heavy (non-hydrogen) atoms. The summed E-state index contributed by atoms with van der Waals surface area (Å²) in [6.45, 7) is 9.19. The van der Waals surface area contributed by atoms with Gasteiger partial charge in [0.15, 0.2) is 17.5 Å². The highest BCUT2D eigenvalue weighted by atomic mass is 15.2. The van der Waals surface area contributed by atoms with Crippen LogP contribution in [0.5, 0.6) is 0 Å². The number of rotatable bonds is 7. The maximum atomic E-state index is 5.14. The highest BCUT2D eigenvalue weighted by Crippen LogP contribution is 2.59. The van der Waals surface area contributed by atoms with Crippen LogP contribution in [0.3, 0.4) is 0 Å². The molecule has 1 aliphatic heterocycles. The minimum absolute atomic E-state index is 0.135. The molecular formula is C69H51N5. The van der Waals surface area contributed by atoms with Crippen LogP contribution in [0.2, 0.25) is 0 Å². The van der Waals surface area contributed by atoms with Gasteiger partial charge in [0, 0.05) is 38.6 Å². The Morgan fingerprint density at radius 2 is 0.851 bits per heavy atom. The average molecular weight is 950 g/mol. The molecule has 0 amide bonds. The number of hydrogen-bond acceptors (Lipinski definition) is 4. The normalized spacial score (nSPS) is 13.9. The molecule has 10 aromatic carbocycles. The topological polar surface area (TPSA) is 46.8 Å². The van der Waals surface area contributed by atoms with Gasteiger partial charge in [-0.1, -0.05) is 190 Å². The molecule has 3 heterocycles. The van der Waals surface area contributed by atoms with E-state index in [-0.39, 0.29) is 5.41 Å². The van der Waals surface area contributed by atoms with Gasteiger partial charge in [0.2, 0.25) is 0 Å². The summed E-state index contributed by atoms with van der Waals surface area (Å²) in [7, 11) is 0. The second-order valence-electron chi connectivity index (χ2n) is 20.5.